The first-order valence-corrected chi connectivity index (χ1v) is 11.9. The number of hydroxylamine groups is 1. The molecule has 0 spiro atoms. The van der Waals surface area contributed by atoms with Gasteiger partial charge in [0.05, 0.1) is 6.61 Å². The van der Waals surface area contributed by atoms with Crippen LogP contribution in [0.1, 0.15) is 27.9 Å². The van der Waals surface area contributed by atoms with Crippen molar-refractivity contribution in [2.45, 2.75) is 32.0 Å². The van der Waals surface area contributed by atoms with Crippen molar-refractivity contribution in [3.8, 4) is 0 Å². The Bertz CT molecular complexity index is 1240. The number of aliphatic imine (C=N–C) groups is 1. The second-order valence-electron chi connectivity index (χ2n) is 8.91. The lowest BCUT2D eigenvalue weighted by Crippen LogP contribution is -2.55. The number of rotatable bonds is 6. The molecule has 12 nitrogen and oxygen atoms in total. The normalized spacial score (nSPS) is 22.1. The van der Waals surface area contributed by atoms with E-state index in [1.807, 2.05) is 0 Å². The molecule has 0 aliphatic carbocycles. The Morgan fingerprint density at radius 2 is 1.92 bits per heavy atom. The lowest BCUT2D eigenvalue weighted by atomic mass is 10.0. The average molecular weight is 510 g/mol. The molecule has 3 amide bonds. The third-order valence-corrected chi connectivity index (χ3v) is 6.57. The molecule has 2 aromatic rings. The molecular weight excluding hydrogens is 482 g/mol. The number of amidine groups is 1. The number of nitrogens with one attached hydrogen (secondary N) is 2. The Hall–Kier alpha value is -3.84. The molecule has 3 aliphatic rings. The van der Waals surface area contributed by atoms with Crippen molar-refractivity contribution in [1.29, 1.82) is 0 Å². The van der Waals surface area contributed by atoms with E-state index in [1.165, 1.54) is 4.90 Å². The number of hydrogen-bond donors (Lipinski definition) is 4. The molecule has 2 saturated heterocycles. The van der Waals surface area contributed by atoms with E-state index in [0.717, 1.165) is 6.42 Å². The van der Waals surface area contributed by atoms with Crippen molar-refractivity contribution in [1.82, 2.24) is 10.4 Å². The van der Waals surface area contributed by atoms with Gasteiger partial charge in [-0.2, -0.15) is 0 Å². The van der Waals surface area contributed by atoms with Gasteiger partial charge in [0.25, 0.3) is 24.1 Å². The quantitative estimate of drug-likeness (QED) is 0.429. The van der Waals surface area contributed by atoms with Crippen molar-refractivity contribution >= 4 is 34.9 Å². The minimum atomic E-state index is -1.76. The van der Waals surface area contributed by atoms with Gasteiger partial charge >= 0.3 is 0 Å². The van der Waals surface area contributed by atoms with E-state index in [9.17, 15) is 24.6 Å². The number of hydrogen-bond acceptors (Lipinski definition) is 9. The summed E-state index contributed by atoms with van der Waals surface area (Å²) in [6.45, 7) is 3.56. The number of carbonyl (C=O) groups excluding carboxylic acids is 3. The Morgan fingerprint density at radius 1 is 1.16 bits per heavy atom. The maximum atomic E-state index is 13.3. The van der Waals surface area contributed by atoms with Crippen LogP contribution in [-0.4, -0.2) is 83.5 Å². The van der Waals surface area contributed by atoms with Crippen LogP contribution < -0.4 is 15.7 Å². The number of amides is 3. The minimum Gasteiger partial charge on any atom is -0.380 e. The summed E-state index contributed by atoms with van der Waals surface area (Å²) in [4.78, 5) is 50.6. The van der Waals surface area contributed by atoms with Crippen LogP contribution in [0.5, 0.6) is 0 Å². The van der Waals surface area contributed by atoms with Gasteiger partial charge in [-0.15, -0.1) is 0 Å². The molecule has 2 aromatic carbocycles. The van der Waals surface area contributed by atoms with Crippen LogP contribution in [0.2, 0.25) is 0 Å². The molecule has 194 valence electrons. The summed E-state index contributed by atoms with van der Waals surface area (Å²) in [5, 5.41) is 22.6. The summed E-state index contributed by atoms with van der Waals surface area (Å²) >= 11 is 0. The van der Waals surface area contributed by atoms with Gasteiger partial charge in [0.1, 0.15) is 0 Å². The van der Waals surface area contributed by atoms with E-state index in [1.54, 1.807) is 54.3 Å². The highest BCUT2D eigenvalue weighted by Crippen LogP contribution is 2.28. The Morgan fingerprint density at radius 3 is 2.57 bits per heavy atom. The van der Waals surface area contributed by atoms with Crippen molar-refractivity contribution in [3.05, 3.63) is 59.2 Å². The Balaban J connectivity index is 1.27. The zero-order chi connectivity index (χ0) is 26.1. The fourth-order valence-electron chi connectivity index (χ4n) is 4.38. The van der Waals surface area contributed by atoms with Crippen LogP contribution in [0, 0.1) is 6.92 Å². The monoisotopic (exact) mass is 509 g/mol. The summed E-state index contributed by atoms with van der Waals surface area (Å²) in [7, 11) is 0. The number of carbonyl (C=O) groups is 3. The van der Waals surface area contributed by atoms with E-state index in [-0.39, 0.29) is 19.1 Å². The first-order chi connectivity index (χ1) is 17.8. The van der Waals surface area contributed by atoms with Gasteiger partial charge in [-0.05, 0) is 55.3 Å². The third-order valence-electron chi connectivity index (χ3n) is 6.57. The SMILES string of the molecule is Cc1c(C(=O)N2CCC2)cccc1N1CCOC(C(O)C(=O)Nc2ccc(C3=NC(O)ON3)cc2)C1=O. The van der Waals surface area contributed by atoms with E-state index in [4.69, 9.17) is 9.57 Å². The average Bonchev–Trinajstić information content (AvgIpc) is 3.29. The van der Waals surface area contributed by atoms with Gasteiger partial charge in [0.15, 0.2) is 18.0 Å². The maximum absolute atomic E-state index is 13.3. The standard InChI is InChI=1S/C25H27N5O7/c1-14-17(23(33)29-10-3-11-29)4-2-5-18(14)30-12-13-36-20(24(30)34)19(31)22(32)26-16-8-6-15(7-9-16)21-27-25(35)37-28-21/h2,4-9,19-20,25,31,35H,3,10-13H2,1H3,(H,26,32)(H,27,28). The number of aliphatic hydroxyl groups is 2. The van der Waals surface area contributed by atoms with Crippen LogP contribution in [0.3, 0.4) is 0 Å². The second-order valence-corrected chi connectivity index (χ2v) is 8.91. The van der Waals surface area contributed by atoms with Gasteiger partial charge in [-0.1, -0.05) is 6.07 Å². The molecule has 37 heavy (non-hydrogen) atoms. The summed E-state index contributed by atoms with van der Waals surface area (Å²) < 4.78 is 5.50. The fourth-order valence-corrected chi connectivity index (χ4v) is 4.38. The fraction of sp³-hybridized carbons (Fsp3) is 0.360. The Kier molecular flexibility index (Phi) is 6.89. The van der Waals surface area contributed by atoms with E-state index in [0.29, 0.717) is 47.0 Å². The minimum absolute atomic E-state index is 0.0761. The molecule has 0 saturated carbocycles. The summed E-state index contributed by atoms with van der Waals surface area (Å²) in [6, 6.07) is 11.6. The predicted molar refractivity (Wildman–Crippen MR) is 132 cm³/mol. The summed E-state index contributed by atoms with van der Waals surface area (Å²) in [6.07, 6.45) is -3.48. The molecule has 3 atom stereocenters. The largest absolute Gasteiger partial charge is 0.380 e. The topological polar surface area (TPSA) is 153 Å². The van der Waals surface area contributed by atoms with Gasteiger partial charge in [-0.25, -0.2) is 15.3 Å². The molecule has 3 heterocycles. The van der Waals surface area contributed by atoms with Crippen molar-refractivity contribution < 1.29 is 34.2 Å². The molecule has 5 rings (SSSR count). The highest BCUT2D eigenvalue weighted by atomic mass is 16.7. The van der Waals surface area contributed by atoms with Crippen molar-refractivity contribution in [3.63, 3.8) is 0 Å². The molecule has 2 fully saturated rings. The van der Waals surface area contributed by atoms with E-state index < -0.39 is 30.4 Å². The number of nitrogens with zero attached hydrogens (tertiary/aromatic N) is 3. The van der Waals surface area contributed by atoms with Crippen LogP contribution in [0.25, 0.3) is 0 Å². The first kappa shape index (κ1) is 24.8. The lowest BCUT2D eigenvalue weighted by Gasteiger charge is -2.36. The molecule has 0 aromatic heterocycles. The lowest BCUT2D eigenvalue weighted by molar-refractivity contribution is -0.150. The zero-order valence-corrected chi connectivity index (χ0v) is 20.1. The van der Waals surface area contributed by atoms with E-state index in [2.05, 4.69) is 15.8 Å². The van der Waals surface area contributed by atoms with Gasteiger partial charge in [-0.3, -0.25) is 14.4 Å². The summed E-state index contributed by atoms with van der Waals surface area (Å²) in [5.41, 5.74) is 5.20. The number of anilines is 2. The predicted octanol–water partition coefficient (Wildman–Crippen LogP) is 0.130. The molecule has 3 unspecified atom stereocenters. The number of benzene rings is 2. The Labute approximate surface area is 212 Å². The van der Waals surface area contributed by atoms with Crippen LogP contribution in [-0.2, 0) is 19.2 Å². The number of ether oxygens (including phenoxy) is 1. The molecule has 0 bridgehead atoms. The number of morpholine rings is 1. The van der Waals surface area contributed by atoms with Gasteiger partial charge in [0.2, 0.25) is 0 Å². The first-order valence-electron chi connectivity index (χ1n) is 11.9. The third kappa shape index (κ3) is 4.91. The second kappa shape index (κ2) is 10.3. The number of likely N-dealkylation sites (tertiary alicyclic amines) is 1. The van der Waals surface area contributed by atoms with E-state index >= 15 is 0 Å². The summed E-state index contributed by atoms with van der Waals surface area (Å²) in [5.74, 6) is -1.11. The van der Waals surface area contributed by atoms with Crippen LogP contribution in [0.4, 0.5) is 11.4 Å². The van der Waals surface area contributed by atoms with Crippen molar-refractivity contribution in [2.24, 2.45) is 4.99 Å². The molecule has 0 radical (unpaired) electrons. The van der Waals surface area contributed by atoms with Crippen LogP contribution >= 0.6 is 0 Å². The van der Waals surface area contributed by atoms with Gasteiger partial charge in [0, 0.05) is 42.1 Å². The highest BCUT2D eigenvalue weighted by Gasteiger charge is 2.40. The van der Waals surface area contributed by atoms with Crippen LogP contribution in [0.15, 0.2) is 47.5 Å². The smallest absolute Gasteiger partial charge is 0.280 e. The highest BCUT2D eigenvalue weighted by molar-refractivity contribution is 6.06. The number of aliphatic hydroxyl groups excluding tert-OH is 2. The molecule has 12 heteroatoms. The van der Waals surface area contributed by atoms with Gasteiger partial charge < -0.3 is 30.1 Å². The molecule has 3 aliphatic heterocycles. The molecular formula is C25H27N5O7. The zero-order valence-electron chi connectivity index (χ0n) is 20.1. The molecule has 4 N–H and O–H groups in total. The van der Waals surface area contributed by atoms with Crippen molar-refractivity contribution in [2.75, 3.05) is 36.5 Å². The maximum Gasteiger partial charge on any atom is 0.280 e.